The Morgan fingerprint density at radius 2 is 1.81 bits per heavy atom. The standard InChI is InChI=1S/C27H21ClN2O6/c1-3-34-23-15-17(13-21(28)24(23)35-26(32)19-7-5-4-6-8-19)14-22-27(33)36-25(30-22)18-9-11-20(12-10-18)29-16(2)31/h4-15H,3H2,1-2H3,(H,29,31)/b22-14-. The molecule has 0 fully saturated rings. The van der Waals surface area contributed by atoms with Crippen molar-refractivity contribution in [2.24, 2.45) is 4.99 Å². The number of hydrogen-bond donors (Lipinski definition) is 1. The highest BCUT2D eigenvalue weighted by molar-refractivity contribution is 6.32. The number of carbonyl (C=O) groups excluding carboxylic acids is 3. The van der Waals surface area contributed by atoms with Gasteiger partial charge in [-0.2, -0.15) is 0 Å². The largest absolute Gasteiger partial charge is 0.490 e. The number of benzene rings is 3. The second kappa shape index (κ2) is 10.9. The summed E-state index contributed by atoms with van der Waals surface area (Å²) < 4.78 is 16.5. The molecular formula is C27H21ClN2O6. The normalized spacial score (nSPS) is 13.7. The SMILES string of the molecule is CCOc1cc(/C=C2\N=C(c3ccc(NC(C)=O)cc3)OC2=O)cc(Cl)c1OC(=O)c1ccccc1. The Bertz CT molecular complexity index is 1380. The lowest BCUT2D eigenvalue weighted by Crippen LogP contribution is -2.10. The Hall–Kier alpha value is -4.43. The molecule has 0 saturated heterocycles. The lowest BCUT2D eigenvalue weighted by Gasteiger charge is -2.13. The Balaban J connectivity index is 1.60. The van der Waals surface area contributed by atoms with Crippen molar-refractivity contribution in [3.05, 3.63) is 94.1 Å². The molecule has 8 nitrogen and oxygen atoms in total. The molecule has 0 atom stereocenters. The Labute approximate surface area is 212 Å². The van der Waals surface area contributed by atoms with Crippen molar-refractivity contribution in [3.63, 3.8) is 0 Å². The summed E-state index contributed by atoms with van der Waals surface area (Å²) in [4.78, 5) is 40.4. The van der Waals surface area contributed by atoms with Crippen molar-refractivity contribution in [1.29, 1.82) is 0 Å². The van der Waals surface area contributed by atoms with Crippen molar-refractivity contribution in [2.75, 3.05) is 11.9 Å². The average molecular weight is 505 g/mol. The minimum atomic E-state index is -0.635. The molecule has 1 amide bonds. The molecule has 3 aromatic carbocycles. The van der Waals surface area contributed by atoms with E-state index in [0.29, 0.717) is 29.0 Å². The lowest BCUT2D eigenvalue weighted by atomic mass is 10.1. The summed E-state index contributed by atoms with van der Waals surface area (Å²) in [5, 5.41) is 2.79. The number of aliphatic imine (C=N–C) groups is 1. The number of amides is 1. The van der Waals surface area contributed by atoms with Crippen LogP contribution < -0.4 is 14.8 Å². The molecule has 1 aliphatic rings. The van der Waals surface area contributed by atoms with E-state index in [9.17, 15) is 14.4 Å². The molecule has 0 radical (unpaired) electrons. The van der Waals surface area contributed by atoms with Crippen molar-refractivity contribution >= 4 is 47.1 Å². The zero-order valence-corrected chi connectivity index (χ0v) is 20.2. The molecule has 0 aliphatic carbocycles. The third-order valence-corrected chi connectivity index (χ3v) is 5.19. The quantitative estimate of drug-likeness (QED) is 0.267. The first-order chi connectivity index (χ1) is 17.3. The van der Waals surface area contributed by atoms with Gasteiger partial charge >= 0.3 is 11.9 Å². The number of cyclic esters (lactones) is 1. The maximum absolute atomic E-state index is 12.5. The van der Waals surface area contributed by atoms with Crippen LogP contribution in [0.15, 0.2) is 77.4 Å². The zero-order valence-electron chi connectivity index (χ0n) is 19.4. The van der Waals surface area contributed by atoms with Gasteiger partial charge in [0.15, 0.2) is 17.2 Å². The first-order valence-electron chi connectivity index (χ1n) is 11.0. The van der Waals surface area contributed by atoms with Gasteiger partial charge in [0.1, 0.15) is 0 Å². The fourth-order valence-electron chi connectivity index (χ4n) is 3.35. The summed E-state index contributed by atoms with van der Waals surface area (Å²) >= 11 is 6.43. The van der Waals surface area contributed by atoms with E-state index in [-0.39, 0.29) is 34.0 Å². The Morgan fingerprint density at radius 3 is 2.47 bits per heavy atom. The molecule has 36 heavy (non-hydrogen) atoms. The molecule has 0 unspecified atom stereocenters. The number of anilines is 1. The molecular weight excluding hydrogens is 484 g/mol. The average Bonchev–Trinajstić information content (AvgIpc) is 3.22. The van der Waals surface area contributed by atoms with Crippen LogP contribution in [-0.2, 0) is 14.3 Å². The summed E-state index contributed by atoms with van der Waals surface area (Å²) in [5.74, 6) is -0.960. The summed E-state index contributed by atoms with van der Waals surface area (Å²) in [5.41, 5.74) is 2.10. The van der Waals surface area contributed by atoms with Gasteiger partial charge in [0.05, 0.1) is 17.2 Å². The van der Waals surface area contributed by atoms with Crippen LogP contribution in [0.5, 0.6) is 11.5 Å². The summed E-state index contributed by atoms with van der Waals surface area (Å²) in [6.07, 6.45) is 1.50. The highest BCUT2D eigenvalue weighted by atomic mass is 35.5. The molecule has 0 spiro atoms. The molecule has 3 aromatic rings. The van der Waals surface area contributed by atoms with Gasteiger partial charge in [-0.1, -0.05) is 29.8 Å². The predicted octanol–water partition coefficient (Wildman–Crippen LogP) is 5.26. The number of esters is 2. The van der Waals surface area contributed by atoms with Gasteiger partial charge in [0.2, 0.25) is 11.8 Å². The van der Waals surface area contributed by atoms with E-state index >= 15 is 0 Å². The zero-order chi connectivity index (χ0) is 25.7. The van der Waals surface area contributed by atoms with E-state index < -0.39 is 11.9 Å². The maximum Gasteiger partial charge on any atom is 0.363 e. The van der Waals surface area contributed by atoms with Gasteiger partial charge in [-0.15, -0.1) is 0 Å². The number of hydrogen-bond acceptors (Lipinski definition) is 7. The minimum Gasteiger partial charge on any atom is -0.490 e. The van der Waals surface area contributed by atoms with E-state index in [1.54, 1.807) is 67.6 Å². The molecule has 9 heteroatoms. The van der Waals surface area contributed by atoms with Crippen LogP contribution in [0.1, 0.15) is 35.3 Å². The van der Waals surface area contributed by atoms with E-state index in [1.165, 1.54) is 19.1 Å². The number of nitrogens with zero attached hydrogens (tertiary/aromatic N) is 1. The van der Waals surface area contributed by atoms with Gasteiger partial charge in [0.25, 0.3) is 0 Å². The van der Waals surface area contributed by atoms with Gasteiger partial charge < -0.3 is 19.5 Å². The van der Waals surface area contributed by atoms with Crippen molar-refractivity contribution < 1.29 is 28.6 Å². The fraction of sp³-hybridized carbons (Fsp3) is 0.111. The van der Waals surface area contributed by atoms with Crippen molar-refractivity contribution in [2.45, 2.75) is 13.8 Å². The summed E-state index contributed by atoms with van der Waals surface area (Å²) in [6.45, 7) is 3.49. The van der Waals surface area contributed by atoms with Gasteiger partial charge in [0, 0.05) is 18.2 Å². The van der Waals surface area contributed by atoms with Crippen LogP contribution in [0, 0.1) is 0 Å². The summed E-state index contributed by atoms with van der Waals surface area (Å²) in [6, 6.07) is 18.4. The van der Waals surface area contributed by atoms with E-state index in [0.717, 1.165) is 0 Å². The smallest absolute Gasteiger partial charge is 0.363 e. The first kappa shape index (κ1) is 24.7. The molecule has 0 aromatic heterocycles. The predicted molar refractivity (Wildman–Crippen MR) is 135 cm³/mol. The third kappa shape index (κ3) is 5.79. The molecule has 0 saturated carbocycles. The van der Waals surface area contributed by atoms with Crippen LogP contribution in [0.4, 0.5) is 5.69 Å². The Morgan fingerprint density at radius 1 is 1.08 bits per heavy atom. The van der Waals surface area contributed by atoms with E-state index in [4.69, 9.17) is 25.8 Å². The minimum absolute atomic E-state index is 0.0588. The van der Waals surface area contributed by atoms with Crippen LogP contribution in [-0.4, -0.2) is 30.4 Å². The van der Waals surface area contributed by atoms with Crippen LogP contribution in [0.2, 0.25) is 5.02 Å². The second-order valence-electron chi connectivity index (χ2n) is 7.61. The monoisotopic (exact) mass is 504 g/mol. The number of ether oxygens (including phenoxy) is 3. The van der Waals surface area contributed by atoms with Crippen molar-refractivity contribution in [1.82, 2.24) is 0 Å². The highest BCUT2D eigenvalue weighted by Gasteiger charge is 2.25. The molecule has 1 N–H and O–H groups in total. The second-order valence-corrected chi connectivity index (χ2v) is 8.02. The maximum atomic E-state index is 12.5. The number of rotatable bonds is 7. The van der Waals surface area contributed by atoms with E-state index in [2.05, 4.69) is 10.3 Å². The fourth-order valence-corrected chi connectivity index (χ4v) is 3.61. The number of nitrogens with one attached hydrogen (secondary N) is 1. The molecule has 1 aliphatic heterocycles. The third-order valence-electron chi connectivity index (χ3n) is 4.91. The van der Waals surface area contributed by atoms with Gasteiger partial charge in [-0.25, -0.2) is 14.6 Å². The molecule has 1 heterocycles. The van der Waals surface area contributed by atoms with Crippen LogP contribution in [0.25, 0.3) is 6.08 Å². The molecule has 0 bridgehead atoms. The molecule has 182 valence electrons. The molecule has 4 rings (SSSR count). The number of halogens is 1. The van der Waals surface area contributed by atoms with Crippen molar-refractivity contribution in [3.8, 4) is 11.5 Å². The van der Waals surface area contributed by atoms with Crippen LogP contribution >= 0.6 is 11.6 Å². The van der Waals surface area contributed by atoms with Gasteiger partial charge in [-0.05, 0) is 67.1 Å². The van der Waals surface area contributed by atoms with E-state index in [1.807, 2.05) is 0 Å². The van der Waals surface area contributed by atoms with Crippen LogP contribution in [0.3, 0.4) is 0 Å². The Kier molecular flexibility index (Phi) is 7.46. The lowest BCUT2D eigenvalue weighted by molar-refractivity contribution is -0.130. The van der Waals surface area contributed by atoms with Gasteiger partial charge in [-0.3, -0.25) is 4.79 Å². The number of carbonyl (C=O) groups is 3. The summed E-state index contributed by atoms with van der Waals surface area (Å²) in [7, 11) is 0. The highest BCUT2D eigenvalue weighted by Crippen LogP contribution is 2.38. The first-order valence-corrected chi connectivity index (χ1v) is 11.4. The topological polar surface area (TPSA) is 103 Å².